The van der Waals surface area contributed by atoms with Crippen molar-refractivity contribution in [2.75, 3.05) is 20.3 Å². The van der Waals surface area contributed by atoms with Crippen LogP contribution in [0.3, 0.4) is 0 Å². The lowest BCUT2D eigenvalue weighted by atomic mass is 9.80. The number of hydrogen-bond acceptors (Lipinski definition) is 5. The first-order chi connectivity index (χ1) is 16.3. The van der Waals surface area contributed by atoms with Crippen molar-refractivity contribution >= 4 is 23.4 Å². The lowest BCUT2D eigenvalue weighted by Gasteiger charge is -2.47. The Balaban J connectivity index is 1.70. The number of amides is 2. The number of likely N-dealkylation sites (N-methyl/N-ethyl adjacent to an activating group) is 1. The molecule has 2 N–H and O–H groups in total. The van der Waals surface area contributed by atoms with Gasteiger partial charge in [-0.25, -0.2) is 4.39 Å². The molecule has 8 nitrogen and oxygen atoms in total. The summed E-state index contributed by atoms with van der Waals surface area (Å²) < 4.78 is 21.1. The number of halogens is 2. The van der Waals surface area contributed by atoms with E-state index in [-0.39, 0.29) is 46.4 Å². The zero-order valence-corrected chi connectivity index (χ0v) is 19.8. The molecular weight excluding hydrogens is 465 g/mol. The highest BCUT2D eigenvalue weighted by Gasteiger charge is 2.44. The molecule has 182 valence electrons. The van der Waals surface area contributed by atoms with Crippen LogP contribution in [0, 0.1) is 11.7 Å². The summed E-state index contributed by atoms with van der Waals surface area (Å²) >= 11 is 5.79. The molecule has 2 heterocycles. The standard InChI is InChI=1S/C24H27ClFN3O5/c1-3-28-17-8-7-13(12-34-2)9-18(17)29-11-15(21(30)22(31)20(29)24(28)33)23(32)27-10-14-5-4-6-16(25)19(14)26/h4-6,11,13,17-18,31H,3,7-10,12H2,1-2H3,(H,27,32)/t13-,17+,18-/m0/s1. The Morgan fingerprint density at radius 2 is 2.06 bits per heavy atom. The molecule has 0 saturated heterocycles. The number of rotatable bonds is 6. The number of ether oxygens (including phenoxy) is 1. The van der Waals surface area contributed by atoms with Crippen molar-refractivity contribution in [2.45, 2.75) is 44.8 Å². The van der Waals surface area contributed by atoms with E-state index in [4.69, 9.17) is 16.3 Å². The first kappa shape index (κ1) is 24.2. The van der Waals surface area contributed by atoms with Crippen LogP contribution in [-0.4, -0.2) is 52.7 Å². The molecule has 4 rings (SSSR count). The Kier molecular flexibility index (Phi) is 6.95. The maximum absolute atomic E-state index is 14.2. The minimum atomic E-state index is -0.942. The summed E-state index contributed by atoms with van der Waals surface area (Å²) in [5.41, 5.74) is -1.20. The molecule has 2 aliphatic rings. The second kappa shape index (κ2) is 9.76. The average Bonchev–Trinajstić information content (AvgIpc) is 2.82. The van der Waals surface area contributed by atoms with Gasteiger partial charge in [0, 0.05) is 38.6 Å². The average molecular weight is 492 g/mol. The third-order valence-electron chi connectivity index (χ3n) is 6.78. The smallest absolute Gasteiger partial charge is 0.274 e. The van der Waals surface area contributed by atoms with E-state index in [1.54, 1.807) is 22.6 Å². The monoisotopic (exact) mass is 491 g/mol. The second-order valence-corrected chi connectivity index (χ2v) is 9.14. The molecule has 1 aromatic heterocycles. The van der Waals surface area contributed by atoms with Gasteiger partial charge in [-0.1, -0.05) is 23.7 Å². The molecule has 0 unspecified atom stereocenters. The zero-order valence-electron chi connectivity index (χ0n) is 19.0. The highest BCUT2D eigenvalue weighted by molar-refractivity contribution is 6.30. The van der Waals surface area contributed by atoms with Gasteiger partial charge in [0.05, 0.1) is 17.1 Å². The van der Waals surface area contributed by atoms with Gasteiger partial charge in [-0.05, 0) is 38.2 Å². The Morgan fingerprint density at radius 3 is 2.76 bits per heavy atom. The number of hydrogen-bond donors (Lipinski definition) is 2. The summed E-state index contributed by atoms with van der Waals surface area (Å²) in [5.74, 6) is -2.38. The normalized spacial score (nSPS) is 21.7. The number of nitrogens with zero attached hydrogens (tertiary/aromatic N) is 2. The number of fused-ring (bicyclic) bond motifs is 3. The summed E-state index contributed by atoms with van der Waals surface area (Å²) in [4.78, 5) is 40.6. The molecule has 1 aliphatic carbocycles. The van der Waals surface area contributed by atoms with E-state index in [2.05, 4.69) is 5.32 Å². The number of nitrogens with one attached hydrogen (secondary N) is 1. The minimum Gasteiger partial charge on any atom is -0.503 e. The van der Waals surface area contributed by atoms with Crippen molar-refractivity contribution in [1.82, 2.24) is 14.8 Å². The third-order valence-corrected chi connectivity index (χ3v) is 7.07. The summed E-state index contributed by atoms with van der Waals surface area (Å²) in [5, 5.41) is 13.2. The van der Waals surface area contributed by atoms with Crippen LogP contribution in [0.1, 0.15) is 58.6 Å². The summed E-state index contributed by atoms with van der Waals surface area (Å²) in [6.07, 6.45) is 3.66. The first-order valence-corrected chi connectivity index (χ1v) is 11.6. The highest BCUT2D eigenvalue weighted by Crippen LogP contribution is 2.41. The number of carbonyl (C=O) groups excluding carboxylic acids is 2. The van der Waals surface area contributed by atoms with Gasteiger partial charge in [0.25, 0.3) is 11.8 Å². The van der Waals surface area contributed by atoms with Gasteiger partial charge in [-0.3, -0.25) is 14.4 Å². The number of aromatic nitrogens is 1. The Bertz CT molecular complexity index is 1180. The lowest BCUT2D eigenvalue weighted by Crippen LogP contribution is -2.54. The van der Waals surface area contributed by atoms with E-state index in [9.17, 15) is 23.9 Å². The topological polar surface area (TPSA) is 101 Å². The van der Waals surface area contributed by atoms with Gasteiger partial charge in [-0.2, -0.15) is 0 Å². The fourth-order valence-electron chi connectivity index (χ4n) is 5.14. The van der Waals surface area contributed by atoms with E-state index < -0.39 is 28.8 Å². The fraction of sp³-hybridized carbons (Fsp3) is 0.458. The van der Waals surface area contributed by atoms with Gasteiger partial charge in [0.2, 0.25) is 5.43 Å². The van der Waals surface area contributed by atoms with Crippen LogP contribution in [0.25, 0.3) is 0 Å². The predicted molar refractivity (Wildman–Crippen MR) is 124 cm³/mol. The van der Waals surface area contributed by atoms with Crippen molar-refractivity contribution in [3.63, 3.8) is 0 Å². The van der Waals surface area contributed by atoms with E-state index >= 15 is 0 Å². The third kappa shape index (κ3) is 4.18. The van der Waals surface area contributed by atoms with Crippen molar-refractivity contribution in [3.05, 3.63) is 62.3 Å². The number of carbonyl (C=O) groups is 2. The fourth-order valence-corrected chi connectivity index (χ4v) is 5.33. The van der Waals surface area contributed by atoms with Crippen molar-refractivity contribution in [3.8, 4) is 5.75 Å². The minimum absolute atomic E-state index is 0.0776. The van der Waals surface area contributed by atoms with Crippen LogP contribution in [0.5, 0.6) is 5.75 Å². The number of methoxy groups -OCH3 is 1. The predicted octanol–water partition coefficient (Wildman–Crippen LogP) is 3.11. The maximum Gasteiger partial charge on any atom is 0.274 e. The lowest BCUT2D eigenvalue weighted by molar-refractivity contribution is 0.0282. The van der Waals surface area contributed by atoms with Crippen LogP contribution in [0.2, 0.25) is 5.02 Å². The zero-order chi connectivity index (χ0) is 24.6. The van der Waals surface area contributed by atoms with Crippen LogP contribution in [0.15, 0.2) is 29.2 Å². The molecule has 2 aromatic rings. The molecule has 1 fully saturated rings. The van der Waals surface area contributed by atoms with E-state index in [1.165, 1.54) is 18.3 Å². The highest BCUT2D eigenvalue weighted by atomic mass is 35.5. The molecule has 34 heavy (non-hydrogen) atoms. The molecule has 10 heteroatoms. The molecular formula is C24H27ClFN3O5. The van der Waals surface area contributed by atoms with Gasteiger partial charge in [-0.15, -0.1) is 0 Å². The molecule has 1 aromatic carbocycles. The van der Waals surface area contributed by atoms with Gasteiger partial charge in [0.15, 0.2) is 11.4 Å². The van der Waals surface area contributed by atoms with Crippen LogP contribution >= 0.6 is 11.6 Å². The molecule has 3 atom stereocenters. The SMILES string of the molecule is CCN1C(=O)c2c(O)c(=O)c(C(=O)NCc3cccc(Cl)c3F)cn2[C@H]2C[C@@H](COC)CC[C@H]21. The molecule has 0 radical (unpaired) electrons. The summed E-state index contributed by atoms with van der Waals surface area (Å²) in [6.45, 7) is 2.66. The largest absolute Gasteiger partial charge is 0.503 e. The quantitative estimate of drug-likeness (QED) is 0.646. The number of aromatic hydroxyl groups is 1. The van der Waals surface area contributed by atoms with E-state index in [0.29, 0.717) is 19.6 Å². The molecule has 0 spiro atoms. The van der Waals surface area contributed by atoms with Gasteiger partial charge < -0.3 is 24.6 Å². The number of pyridine rings is 1. The maximum atomic E-state index is 14.2. The molecule has 2 amide bonds. The van der Waals surface area contributed by atoms with E-state index in [0.717, 1.165) is 12.8 Å². The molecule has 1 saturated carbocycles. The Hall–Kier alpha value is -2.91. The second-order valence-electron chi connectivity index (χ2n) is 8.73. The van der Waals surface area contributed by atoms with E-state index in [1.807, 2.05) is 6.92 Å². The van der Waals surface area contributed by atoms with Crippen molar-refractivity contribution in [2.24, 2.45) is 5.92 Å². The van der Waals surface area contributed by atoms with Gasteiger partial charge >= 0.3 is 0 Å². The van der Waals surface area contributed by atoms with Crippen LogP contribution in [0.4, 0.5) is 4.39 Å². The van der Waals surface area contributed by atoms with Gasteiger partial charge in [0.1, 0.15) is 11.4 Å². The first-order valence-electron chi connectivity index (χ1n) is 11.3. The van der Waals surface area contributed by atoms with Crippen LogP contribution < -0.4 is 10.7 Å². The molecule has 1 aliphatic heterocycles. The summed E-state index contributed by atoms with van der Waals surface area (Å²) in [7, 11) is 1.64. The Labute approximate surface area is 201 Å². The number of benzene rings is 1. The van der Waals surface area contributed by atoms with Crippen molar-refractivity contribution < 1.29 is 23.8 Å². The van der Waals surface area contributed by atoms with Crippen molar-refractivity contribution in [1.29, 1.82) is 0 Å². The van der Waals surface area contributed by atoms with Crippen LogP contribution in [-0.2, 0) is 11.3 Å². The summed E-state index contributed by atoms with van der Waals surface area (Å²) in [6, 6.07) is 4.09. The Morgan fingerprint density at radius 1 is 1.29 bits per heavy atom. The molecule has 0 bridgehead atoms.